The van der Waals surface area contributed by atoms with Crippen LogP contribution in [-0.2, 0) is 5.75 Å². The van der Waals surface area contributed by atoms with E-state index >= 15 is 0 Å². The van der Waals surface area contributed by atoms with Crippen LogP contribution in [0.2, 0.25) is 5.02 Å². The molecule has 0 fully saturated rings. The number of hydrogen-bond donors (Lipinski definition) is 2. The molecule has 18 heavy (non-hydrogen) atoms. The topological polar surface area (TPSA) is 76.5 Å². The number of benzene rings is 1. The Kier molecular flexibility index (Phi) is 3.84. The predicted molar refractivity (Wildman–Crippen MR) is 72.1 cm³/mol. The number of nitrogen functional groups attached to an aromatic ring is 1. The smallest absolute Gasteiger partial charge is 0.226 e. The van der Waals surface area contributed by atoms with Gasteiger partial charge in [-0.05, 0) is 18.2 Å². The molecular weight excluding hydrogens is 274 g/mol. The van der Waals surface area contributed by atoms with Crippen LogP contribution in [0.5, 0.6) is 5.75 Å². The van der Waals surface area contributed by atoms with E-state index in [0.29, 0.717) is 22.2 Å². The van der Waals surface area contributed by atoms with E-state index < -0.39 is 11.2 Å². The van der Waals surface area contributed by atoms with Gasteiger partial charge in [-0.2, -0.15) is 0 Å². The predicted octanol–water partition coefficient (Wildman–Crippen LogP) is 2.87. The van der Waals surface area contributed by atoms with Gasteiger partial charge in [0.15, 0.2) is 5.75 Å². The second-order valence-electron chi connectivity index (χ2n) is 3.57. The fourth-order valence-electron chi connectivity index (χ4n) is 1.30. The molecule has 0 aliphatic heterocycles. The third-order valence-corrected chi connectivity index (χ3v) is 3.54. The van der Waals surface area contributed by atoms with Gasteiger partial charge in [0.2, 0.25) is 5.43 Å². The molecule has 0 aliphatic carbocycles. The summed E-state index contributed by atoms with van der Waals surface area (Å²) in [5, 5.41) is 9.66. The second kappa shape index (κ2) is 5.37. The first-order chi connectivity index (χ1) is 8.56. The number of nitrogens with two attached hydrogens (primary N) is 1. The van der Waals surface area contributed by atoms with Crippen molar-refractivity contribution >= 4 is 29.1 Å². The third-order valence-electron chi connectivity index (χ3n) is 2.21. The Morgan fingerprint density at radius 3 is 2.89 bits per heavy atom. The maximum atomic E-state index is 11.2. The molecule has 0 spiro atoms. The van der Waals surface area contributed by atoms with Crippen molar-refractivity contribution in [1.29, 1.82) is 0 Å². The molecule has 2 rings (SSSR count). The molecule has 0 saturated carbocycles. The molecule has 1 aromatic carbocycles. The van der Waals surface area contributed by atoms with Gasteiger partial charge in [-0.25, -0.2) is 0 Å². The first-order valence-corrected chi connectivity index (χ1v) is 6.41. The lowest BCUT2D eigenvalue weighted by atomic mass is 10.3. The molecule has 1 aromatic heterocycles. The summed E-state index contributed by atoms with van der Waals surface area (Å²) in [6.07, 6.45) is 1.03. The lowest BCUT2D eigenvalue weighted by Crippen LogP contribution is -1.99. The van der Waals surface area contributed by atoms with Crippen molar-refractivity contribution in [3.05, 3.63) is 51.5 Å². The van der Waals surface area contributed by atoms with Crippen LogP contribution in [0.4, 0.5) is 5.69 Å². The quantitative estimate of drug-likeness (QED) is 0.669. The molecule has 2 aromatic rings. The zero-order chi connectivity index (χ0) is 13.1. The Morgan fingerprint density at radius 1 is 1.39 bits per heavy atom. The van der Waals surface area contributed by atoms with Crippen LogP contribution in [0.25, 0.3) is 0 Å². The van der Waals surface area contributed by atoms with E-state index in [2.05, 4.69) is 0 Å². The molecule has 4 nitrogen and oxygen atoms in total. The van der Waals surface area contributed by atoms with Gasteiger partial charge in [-0.3, -0.25) is 4.79 Å². The summed E-state index contributed by atoms with van der Waals surface area (Å²) in [5.41, 5.74) is 5.95. The van der Waals surface area contributed by atoms with Crippen LogP contribution in [-0.4, -0.2) is 5.11 Å². The zero-order valence-corrected chi connectivity index (χ0v) is 10.8. The number of halogens is 1. The standard InChI is InChI=1S/C12H10ClNO3S/c13-7-1-2-9(14)12(3-7)18-6-8-4-10(15)11(16)5-17-8/h1-5,16H,6,14H2. The van der Waals surface area contributed by atoms with Crippen LogP contribution in [0.3, 0.4) is 0 Å². The molecule has 0 aliphatic rings. The lowest BCUT2D eigenvalue weighted by molar-refractivity contribution is 0.419. The summed E-state index contributed by atoms with van der Waals surface area (Å²) >= 11 is 7.27. The van der Waals surface area contributed by atoms with Crippen molar-refractivity contribution < 1.29 is 9.52 Å². The van der Waals surface area contributed by atoms with Gasteiger partial charge in [-0.15, -0.1) is 11.8 Å². The van der Waals surface area contributed by atoms with Crippen molar-refractivity contribution in [2.45, 2.75) is 10.6 Å². The fraction of sp³-hybridized carbons (Fsp3) is 0.0833. The summed E-state index contributed by atoms with van der Waals surface area (Å²) in [5.74, 6) is 0.494. The van der Waals surface area contributed by atoms with E-state index in [1.54, 1.807) is 18.2 Å². The number of aromatic hydroxyl groups is 1. The summed E-state index contributed by atoms with van der Waals surface area (Å²) in [4.78, 5) is 12.0. The normalized spacial score (nSPS) is 10.5. The number of rotatable bonds is 3. The highest BCUT2D eigenvalue weighted by Crippen LogP contribution is 2.30. The highest BCUT2D eigenvalue weighted by atomic mass is 35.5. The van der Waals surface area contributed by atoms with E-state index in [-0.39, 0.29) is 0 Å². The van der Waals surface area contributed by atoms with E-state index in [1.807, 2.05) is 0 Å². The van der Waals surface area contributed by atoms with Gasteiger partial charge in [0.25, 0.3) is 0 Å². The first-order valence-electron chi connectivity index (χ1n) is 5.05. The van der Waals surface area contributed by atoms with Gasteiger partial charge in [0, 0.05) is 21.7 Å². The first kappa shape index (κ1) is 12.9. The van der Waals surface area contributed by atoms with Crippen molar-refractivity contribution in [3.8, 4) is 5.75 Å². The van der Waals surface area contributed by atoms with Crippen LogP contribution < -0.4 is 11.2 Å². The van der Waals surface area contributed by atoms with E-state index in [0.717, 1.165) is 11.2 Å². The van der Waals surface area contributed by atoms with Gasteiger partial charge in [0.1, 0.15) is 12.0 Å². The molecule has 0 radical (unpaired) electrons. The average Bonchev–Trinajstić information content (AvgIpc) is 2.34. The van der Waals surface area contributed by atoms with Crippen LogP contribution in [0.15, 0.2) is 44.6 Å². The van der Waals surface area contributed by atoms with Gasteiger partial charge >= 0.3 is 0 Å². The molecule has 3 N–H and O–H groups in total. The number of thioether (sulfide) groups is 1. The molecule has 0 amide bonds. The minimum atomic E-state index is -0.462. The van der Waals surface area contributed by atoms with E-state index in [4.69, 9.17) is 26.9 Å². The highest BCUT2D eigenvalue weighted by Gasteiger charge is 2.05. The van der Waals surface area contributed by atoms with Gasteiger partial charge < -0.3 is 15.3 Å². The Bertz CT molecular complexity index is 627. The minimum Gasteiger partial charge on any atom is -0.502 e. The average molecular weight is 284 g/mol. The second-order valence-corrected chi connectivity index (χ2v) is 5.02. The SMILES string of the molecule is Nc1ccc(Cl)cc1SCc1cc(=O)c(O)co1. The summed E-state index contributed by atoms with van der Waals surface area (Å²) in [7, 11) is 0. The largest absolute Gasteiger partial charge is 0.502 e. The van der Waals surface area contributed by atoms with E-state index in [9.17, 15) is 4.79 Å². The summed E-state index contributed by atoms with van der Waals surface area (Å²) in [6.45, 7) is 0. The Hall–Kier alpha value is -1.59. The molecule has 0 bridgehead atoms. The van der Waals surface area contributed by atoms with Crippen molar-refractivity contribution in [1.82, 2.24) is 0 Å². The van der Waals surface area contributed by atoms with E-state index in [1.165, 1.54) is 17.8 Å². The van der Waals surface area contributed by atoms with Gasteiger partial charge in [0.05, 0.1) is 5.75 Å². The molecule has 0 unspecified atom stereocenters. The molecule has 6 heteroatoms. The Morgan fingerprint density at radius 2 is 2.17 bits per heavy atom. The van der Waals surface area contributed by atoms with Crippen LogP contribution in [0, 0.1) is 0 Å². The Balaban J connectivity index is 2.13. The van der Waals surface area contributed by atoms with Gasteiger partial charge in [-0.1, -0.05) is 11.6 Å². The third kappa shape index (κ3) is 3.00. The highest BCUT2D eigenvalue weighted by molar-refractivity contribution is 7.98. The molecule has 0 atom stereocenters. The van der Waals surface area contributed by atoms with Crippen LogP contribution >= 0.6 is 23.4 Å². The molecule has 1 heterocycles. The monoisotopic (exact) mass is 283 g/mol. The fourth-order valence-corrected chi connectivity index (χ4v) is 2.43. The zero-order valence-electron chi connectivity index (χ0n) is 9.22. The number of hydrogen-bond acceptors (Lipinski definition) is 5. The van der Waals surface area contributed by atoms with Crippen LogP contribution in [0.1, 0.15) is 5.76 Å². The molecular formula is C12H10ClNO3S. The summed E-state index contributed by atoms with van der Waals surface area (Å²) in [6, 6.07) is 6.43. The van der Waals surface area contributed by atoms with Crippen molar-refractivity contribution in [2.75, 3.05) is 5.73 Å². The van der Waals surface area contributed by atoms with Crippen molar-refractivity contribution in [2.24, 2.45) is 0 Å². The lowest BCUT2D eigenvalue weighted by Gasteiger charge is -2.05. The number of anilines is 1. The maximum absolute atomic E-state index is 11.2. The molecule has 94 valence electrons. The maximum Gasteiger partial charge on any atom is 0.226 e. The summed E-state index contributed by atoms with van der Waals surface area (Å²) < 4.78 is 5.09. The molecule has 0 saturated heterocycles. The van der Waals surface area contributed by atoms with Crippen molar-refractivity contribution in [3.63, 3.8) is 0 Å². The Labute approximate surface area is 112 Å². The minimum absolute atomic E-state index is 0.397.